The lowest BCUT2D eigenvalue weighted by Gasteiger charge is -2.16. The lowest BCUT2D eigenvalue weighted by Crippen LogP contribution is -2.19. The fourth-order valence-corrected chi connectivity index (χ4v) is 4.63. The molecule has 0 aliphatic rings. The Hall–Kier alpha value is -3.93. The van der Waals surface area contributed by atoms with E-state index in [1.165, 1.54) is 26.2 Å². The monoisotopic (exact) mass is 501 g/mol. The van der Waals surface area contributed by atoms with Crippen molar-refractivity contribution in [3.8, 4) is 23.0 Å². The van der Waals surface area contributed by atoms with Crippen molar-refractivity contribution in [1.29, 1.82) is 0 Å². The van der Waals surface area contributed by atoms with E-state index in [0.29, 0.717) is 34.9 Å². The molecule has 4 aromatic rings. The molecule has 0 radical (unpaired) electrons. The van der Waals surface area contributed by atoms with Gasteiger partial charge in [0.25, 0.3) is 10.0 Å². The van der Waals surface area contributed by atoms with Gasteiger partial charge in [0, 0.05) is 39.5 Å². The topological polar surface area (TPSA) is 119 Å². The number of aryl methyl sites for hydroxylation is 3. The molecule has 0 aliphatic heterocycles. The predicted octanol–water partition coefficient (Wildman–Crippen LogP) is 3.00. The van der Waals surface area contributed by atoms with Gasteiger partial charge >= 0.3 is 5.69 Å². The van der Waals surface area contributed by atoms with Crippen molar-refractivity contribution in [3.63, 3.8) is 0 Å². The molecule has 11 nitrogen and oxygen atoms in total. The van der Waals surface area contributed by atoms with Crippen LogP contribution in [0.5, 0.6) is 23.0 Å². The Morgan fingerprint density at radius 1 is 1.00 bits per heavy atom. The van der Waals surface area contributed by atoms with Gasteiger partial charge in [-0.3, -0.25) is 13.9 Å². The quantitative estimate of drug-likeness (QED) is 0.374. The molecule has 0 amide bonds. The Bertz CT molecular complexity index is 1550. The zero-order chi connectivity index (χ0) is 25.3. The van der Waals surface area contributed by atoms with Gasteiger partial charge in [-0.05, 0) is 24.6 Å². The van der Waals surface area contributed by atoms with Gasteiger partial charge in [-0.15, -0.1) is 0 Å². The predicted molar refractivity (Wildman–Crippen MR) is 131 cm³/mol. The summed E-state index contributed by atoms with van der Waals surface area (Å²) in [4.78, 5) is 16.4. The van der Waals surface area contributed by atoms with E-state index in [0.717, 1.165) is 6.42 Å². The average Bonchev–Trinajstić information content (AvgIpc) is 3.36. The summed E-state index contributed by atoms with van der Waals surface area (Å²) in [6.07, 6.45) is 3.60. The van der Waals surface area contributed by atoms with E-state index in [2.05, 4.69) is 9.71 Å². The molecule has 2 aromatic heterocycles. The van der Waals surface area contributed by atoms with Crippen molar-refractivity contribution < 1.29 is 22.6 Å². The molecule has 0 bridgehead atoms. The Balaban J connectivity index is 1.81. The first kappa shape index (κ1) is 24.2. The zero-order valence-corrected chi connectivity index (χ0v) is 20.9. The van der Waals surface area contributed by atoms with Crippen LogP contribution in [0, 0.1) is 0 Å². The van der Waals surface area contributed by atoms with Gasteiger partial charge in [0.2, 0.25) is 0 Å². The first-order chi connectivity index (χ1) is 16.6. The Morgan fingerprint density at radius 3 is 2.34 bits per heavy atom. The van der Waals surface area contributed by atoms with Crippen molar-refractivity contribution in [2.75, 3.05) is 18.4 Å². The number of hydrogen-bond acceptors (Lipinski definition) is 7. The van der Waals surface area contributed by atoms with Gasteiger partial charge in [0.1, 0.15) is 5.75 Å². The highest BCUT2D eigenvalue weighted by Crippen LogP contribution is 2.38. The molecule has 0 atom stereocenters. The highest BCUT2D eigenvalue weighted by atomic mass is 32.2. The molecule has 12 heteroatoms. The number of fused-ring (bicyclic) bond motifs is 1. The van der Waals surface area contributed by atoms with Crippen LogP contribution in [0.2, 0.25) is 0 Å². The van der Waals surface area contributed by atoms with E-state index in [-0.39, 0.29) is 22.2 Å². The zero-order valence-electron chi connectivity index (χ0n) is 20.1. The number of ether oxygens (including phenoxy) is 3. The molecule has 4 rings (SSSR count). The summed E-state index contributed by atoms with van der Waals surface area (Å²) in [5.41, 5.74) is 1.00. The summed E-state index contributed by atoms with van der Waals surface area (Å²) in [7, 11) is 2.45. The minimum Gasteiger partial charge on any atom is -0.493 e. The molecule has 2 heterocycles. The second-order valence-electron chi connectivity index (χ2n) is 7.98. The molecule has 186 valence electrons. The first-order valence-electron chi connectivity index (χ1n) is 10.8. The Labute approximate surface area is 202 Å². The summed E-state index contributed by atoms with van der Waals surface area (Å²) in [6, 6.07) is 8.23. The van der Waals surface area contributed by atoms with Crippen LogP contribution in [-0.2, 0) is 31.2 Å². The largest absolute Gasteiger partial charge is 0.493 e. The standard InChI is InChI=1S/C23H27N5O6S/c1-6-9-33-21-10-15(7-8-19(21)32-5)34-20-12-18-17(27(3)23(29)28(18)4)11-16(20)25-35(30,31)22-13-26(2)14-24-22/h7-8,10-14,25H,6,9H2,1-5H3. The third-order valence-corrected chi connectivity index (χ3v) is 6.65. The van der Waals surface area contributed by atoms with E-state index in [9.17, 15) is 13.2 Å². The number of benzene rings is 2. The van der Waals surface area contributed by atoms with Gasteiger partial charge < -0.3 is 18.8 Å². The number of sulfonamides is 1. The van der Waals surface area contributed by atoms with Gasteiger partial charge in [-0.25, -0.2) is 9.78 Å². The summed E-state index contributed by atoms with van der Waals surface area (Å²) < 4.78 is 50.2. The molecule has 35 heavy (non-hydrogen) atoms. The maximum atomic E-state index is 13.0. The number of imidazole rings is 2. The number of hydrogen-bond donors (Lipinski definition) is 1. The first-order valence-corrected chi connectivity index (χ1v) is 12.3. The van der Waals surface area contributed by atoms with E-state index in [4.69, 9.17) is 14.2 Å². The highest BCUT2D eigenvalue weighted by Gasteiger charge is 2.22. The van der Waals surface area contributed by atoms with Crippen molar-refractivity contribution in [2.45, 2.75) is 18.4 Å². The lowest BCUT2D eigenvalue weighted by atomic mass is 10.2. The van der Waals surface area contributed by atoms with Crippen LogP contribution in [0.25, 0.3) is 11.0 Å². The fraction of sp³-hybridized carbons (Fsp3) is 0.304. The van der Waals surface area contributed by atoms with Gasteiger partial charge in [0.05, 0.1) is 36.8 Å². The van der Waals surface area contributed by atoms with Crippen molar-refractivity contribution in [3.05, 3.63) is 53.3 Å². The van der Waals surface area contributed by atoms with Crippen LogP contribution in [0.3, 0.4) is 0 Å². The number of aromatic nitrogens is 4. The molecule has 0 unspecified atom stereocenters. The lowest BCUT2D eigenvalue weighted by molar-refractivity contribution is 0.292. The smallest absolute Gasteiger partial charge is 0.328 e. The van der Waals surface area contributed by atoms with E-state index in [1.807, 2.05) is 6.92 Å². The molecule has 0 spiro atoms. The van der Waals surface area contributed by atoms with Crippen molar-refractivity contribution >= 4 is 26.7 Å². The van der Waals surface area contributed by atoms with Crippen LogP contribution in [0.15, 0.2) is 52.7 Å². The van der Waals surface area contributed by atoms with Crippen molar-refractivity contribution in [1.82, 2.24) is 18.7 Å². The summed E-state index contributed by atoms with van der Waals surface area (Å²) in [5.74, 6) is 1.64. The van der Waals surface area contributed by atoms with Crippen LogP contribution < -0.4 is 24.6 Å². The number of anilines is 1. The molecular weight excluding hydrogens is 474 g/mol. The van der Waals surface area contributed by atoms with E-state index in [1.54, 1.807) is 58.6 Å². The molecule has 1 N–H and O–H groups in total. The summed E-state index contributed by atoms with van der Waals surface area (Å²) >= 11 is 0. The third kappa shape index (κ3) is 4.69. The molecular formula is C23H27N5O6S. The normalized spacial score (nSPS) is 11.6. The number of rotatable bonds is 9. The maximum Gasteiger partial charge on any atom is 0.328 e. The molecule has 2 aromatic carbocycles. The second kappa shape index (κ2) is 9.37. The minimum atomic E-state index is -4.02. The van der Waals surface area contributed by atoms with Gasteiger partial charge in [-0.2, -0.15) is 8.42 Å². The van der Waals surface area contributed by atoms with Crippen molar-refractivity contribution in [2.24, 2.45) is 21.1 Å². The molecule has 0 saturated carbocycles. The SMILES string of the molecule is CCCOc1cc(Oc2cc3c(cc2NS(=O)(=O)c2cn(C)cn2)n(C)c(=O)n3C)ccc1OC. The molecule has 0 saturated heterocycles. The van der Waals surface area contributed by atoms with Crippen LogP contribution in [0.1, 0.15) is 13.3 Å². The van der Waals surface area contributed by atoms with Gasteiger partial charge in [0.15, 0.2) is 22.3 Å². The fourth-order valence-electron chi connectivity index (χ4n) is 3.59. The minimum absolute atomic E-state index is 0.146. The number of methoxy groups -OCH3 is 1. The molecule has 0 fully saturated rings. The summed E-state index contributed by atoms with van der Waals surface area (Å²) in [6.45, 7) is 2.49. The van der Waals surface area contributed by atoms with E-state index >= 15 is 0 Å². The Morgan fingerprint density at radius 2 is 1.71 bits per heavy atom. The molecule has 0 aliphatic carbocycles. The average molecular weight is 502 g/mol. The third-order valence-electron chi connectivity index (χ3n) is 5.40. The number of nitrogens with one attached hydrogen (secondary N) is 1. The summed E-state index contributed by atoms with van der Waals surface area (Å²) in [5, 5.41) is -0.146. The highest BCUT2D eigenvalue weighted by molar-refractivity contribution is 7.92. The van der Waals surface area contributed by atoms with Crippen LogP contribution in [0.4, 0.5) is 5.69 Å². The van der Waals surface area contributed by atoms with E-state index < -0.39 is 10.0 Å². The second-order valence-corrected chi connectivity index (χ2v) is 9.61. The van der Waals surface area contributed by atoms with Crippen LogP contribution in [-0.4, -0.2) is 40.8 Å². The Kier molecular flexibility index (Phi) is 6.48. The van der Waals surface area contributed by atoms with Crippen LogP contribution >= 0.6 is 0 Å². The van der Waals surface area contributed by atoms with Gasteiger partial charge in [-0.1, -0.05) is 6.92 Å². The maximum absolute atomic E-state index is 13.0. The number of nitrogens with zero attached hydrogens (tertiary/aromatic N) is 4.